The predicted octanol–water partition coefficient (Wildman–Crippen LogP) is 5.20. The topological polar surface area (TPSA) is 55.4 Å². The number of para-hydroxylation sites is 1. The Hall–Kier alpha value is -2.62. The number of ketones is 1. The number of rotatable bonds is 9. The molecule has 0 aliphatic carbocycles. The Morgan fingerprint density at radius 1 is 1.08 bits per heavy atom. The minimum Gasteiger partial charge on any atom is -0.494 e. The van der Waals surface area contributed by atoms with Crippen LogP contribution < -0.4 is 10.1 Å². The van der Waals surface area contributed by atoms with Gasteiger partial charge < -0.3 is 10.1 Å². The summed E-state index contributed by atoms with van der Waals surface area (Å²) in [5, 5.41) is 3.01. The molecule has 1 atom stereocenters. The number of Topliss-reactive ketones (excluding diaryl/α,β-unsaturated/α-hetero) is 1. The van der Waals surface area contributed by atoms with E-state index in [-0.39, 0.29) is 11.7 Å². The van der Waals surface area contributed by atoms with Gasteiger partial charge in [0, 0.05) is 17.7 Å². The molecule has 0 unspecified atom stereocenters. The largest absolute Gasteiger partial charge is 0.494 e. The molecular weight excluding hydrogens is 326 g/mol. The van der Waals surface area contributed by atoms with Gasteiger partial charge in [-0.3, -0.25) is 9.59 Å². The van der Waals surface area contributed by atoms with Crippen LogP contribution in [0.15, 0.2) is 48.5 Å². The van der Waals surface area contributed by atoms with Crippen LogP contribution in [0, 0.1) is 0 Å². The van der Waals surface area contributed by atoms with Crippen molar-refractivity contribution in [2.45, 2.75) is 46.0 Å². The van der Waals surface area contributed by atoms with E-state index in [1.54, 1.807) is 24.3 Å². The summed E-state index contributed by atoms with van der Waals surface area (Å²) >= 11 is 0. The lowest BCUT2D eigenvalue weighted by Gasteiger charge is -2.15. The predicted molar refractivity (Wildman–Crippen MR) is 105 cm³/mol. The number of carbonyl (C=O) groups excluding carboxylic acids is 2. The highest BCUT2D eigenvalue weighted by molar-refractivity contribution is 5.94. The smallest absolute Gasteiger partial charge is 0.224 e. The monoisotopic (exact) mass is 353 g/mol. The van der Waals surface area contributed by atoms with E-state index in [4.69, 9.17) is 4.74 Å². The maximum atomic E-state index is 12.2. The van der Waals surface area contributed by atoms with E-state index in [1.165, 1.54) is 12.5 Å². The fraction of sp³-hybridized carbons (Fsp3) is 0.364. The van der Waals surface area contributed by atoms with Gasteiger partial charge in [-0.1, -0.05) is 32.0 Å². The Kier molecular flexibility index (Phi) is 7.39. The molecule has 0 aliphatic rings. The van der Waals surface area contributed by atoms with Crippen LogP contribution in [0.3, 0.4) is 0 Å². The standard InChI is InChI=1S/C22H27NO3/c1-4-16(2)20-8-5-6-9-21(20)23-22(25)10-7-15-26-19-13-11-18(12-14-19)17(3)24/h5-6,8-9,11-14,16H,4,7,10,15H2,1-3H3,(H,23,25)/t16-/m0/s1. The van der Waals surface area contributed by atoms with Crippen LogP contribution in [0.25, 0.3) is 0 Å². The normalized spacial score (nSPS) is 11.7. The van der Waals surface area contributed by atoms with Gasteiger partial charge in [0.2, 0.25) is 5.91 Å². The summed E-state index contributed by atoms with van der Waals surface area (Å²) in [4.78, 5) is 23.4. The number of hydrogen-bond acceptors (Lipinski definition) is 3. The van der Waals surface area contributed by atoms with Crippen LogP contribution >= 0.6 is 0 Å². The maximum Gasteiger partial charge on any atom is 0.224 e. The van der Waals surface area contributed by atoms with Gasteiger partial charge in [0.1, 0.15) is 5.75 Å². The summed E-state index contributed by atoms with van der Waals surface area (Å²) in [5.41, 5.74) is 2.73. The molecule has 1 N–H and O–H groups in total. The first-order valence-electron chi connectivity index (χ1n) is 9.13. The second-order valence-corrected chi connectivity index (χ2v) is 6.48. The zero-order valence-corrected chi connectivity index (χ0v) is 15.7. The lowest BCUT2D eigenvalue weighted by Crippen LogP contribution is -2.14. The maximum absolute atomic E-state index is 12.2. The van der Waals surface area contributed by atoms with Gasteiger partial charge >= 0.3 is 0 Å². The molecule has 0 bridgehead atoms. The molecule has 2 aromatic carbocycles. The van der Waals surface area contributed by atoms with Gasteiger partial charge in [-0.25, -0.2) is 0 Å². The number of amides is 1. The molecule has 138 valence electrons. The highest BCUT2D eigenvalue weighted by Gasteiger charge is 2.11. The summed E-state index contributed by atoms with van der Waals surface area (Å²) in [6.07, 6.45) is 2.06. The summed E-state index contributed by atoms with van der Waals surface area (Å²) in [5.74, 6) is 1.15. The van der Waals surface area contributed by atoms with Gasteiger partial charge in [0.25, 0.3) is 0 Å². The van der Waals surface area contributed by atoms with Crippen molar-refractivity contribution in [1.29, 1.82) is 0 Å². The van der Waals surface area contributed by atoms with Crippen LogP contribution in [0.5, 0.6) is 5.75 Å². The SMILES string of the molecule is CC[C@H](C)c1ccccc1NC(=O)CCCOc1ccc(C(C)=O)cc1. The molecular formula is C22H27NO3. The van der Waals surface area contributed by atoms with Crippen molar-refractivity contribution in [2.75, 3.05) is 11.9 Å². The molecule has 2 rings (SSSR count). The minimum atomic E-state index is -0.00344. The molecule has 0 aliphatic heterocycles. The fourth-order valence-corrected chi connectivity index (χ4v) is 2.68. The number of benzene rings is 2. The molecule has 1 amide bonds. The van der Waals surface area contributed by atoms with Crippen molar-refractivity contribution in [1.82, 2.24) is 0 Å². The molecule has 0 radical (unpaired) electrons. The average Bonchev–Trinajstić information content (AvgIpc) is 2.65. The van der Waals surface area contributed by atoms with E-state index in [1.807, 2.05) is 18.2 Å². The Morgan fingerprint density at radius 3 is 2.42 bits per heavy atom. The molecule has 0 saturated heterocycles. The van der Waals surface area contributed by atoms with Crippen LogP contribution in [0.2, 0.25) is 0 Å². The molecule has 4 heteroatoms. The lowest BCUT2D eigenvalue weighted by atomic mass is 9.97. The van der Waals surface area contributed by atoms with E-state index >= 15 is 0 Å². The van der Waals surface area contributed by atoms with E-state index in [0.29, 0.717) is 36.7 Å². The Balaban J connectivity index is 1.78. The highest BCUT2D eigenvalue weighted by atomic mass is 16.5. The molecule has 0 heterocycles. The molecule has 0 fully saturated rings. The van der Waals surface area contributed by atoms with E-state index in [9.17, 15) is 9.59 Å². The third-order valence-corrected chi connectivity index (χ3v) is 4.46. The van der Waals surface area contributed by atoms with Crippen LogP contribution in [0.4, 0.5) is 5.69 Å². The average molecular weight is 353 g/mol. The van der Waals surface area contributed by atoms with Gasteiger partial charge in [-0.05, 0) is 61.6 Å². The van der Waals surface area contributed by atoms with Crippen LogP contribution in [-0.4, -0.2) is 18.3 Å². The second kappa shape index (κ2) is 9.76. The van der Waals surface area contributed by atoms with E-state index in [2.05, 4.69) is 25.2 Å². The first-order chi connectivity index (χ1) is 12.5. The number of carbonyl (C=O) groups is 2. The number of anilines is 1. The van der Waals surface area contributed by atoms with Crippen LogP contribution in [0.1, 0.15) is 61.9 Å². The van der Waals surface area contributed by atoms with Crippen LogP contribution in [-0.2, 0) is 4.79 Å². The van der Waals surface area contributed by atoms with Crippen molar-refractivity contribution in [2.24, 2.45) is 0 Å². The second-order valence-electron chi connectivity index (χ2n) is 6.48. The van der Waals surface area contributed by atoms with Gasteiger partial charge in [-0.2, -0.15) is 0 Å². The fourth-order valence-electron chi connectivity index (χ4n) is 2.68. The van der Waals surface area contributed by atoms with E-state index < -0.39 is 0 Å². The summed E-state index contributed by atoms with van der Waals surface area (Å²) in [7, 11) is 0. The zero-order chi connectivity index (χ0) is 18.9. The van der Waals surface area contributed by atoms with E-state index in [0.717, 1.165) is 12.1 Å². The summed E-state index contributed by atoms with van der Waals surface area (Å²) in [6.45, 7) is 6.30. The molecule has 0 spiro atoms. The third-order valence-electron chi connectivity index (χ3n) is 4.46. The Labute approximate surface area is 155 Å². The first kappa shape index (κ1) is 19.7. The Morgan fingerprint density at radius 2 is 1.77 bits per heavy atom. The van der Waals surface area contributed by atoms with Crippen molar-refractivity contribution in [3.05, 3.63) is 59.7 Å². The molecule has 2 aromatic rings. The van der Waals surface area contributed by atoms with Crippen molar-refractivity contribution in [3.63, 3.8) is 0 Å². The lowest BCUT2D eigenvalue weighted by molar-refractivity contribution is -0.116. The van der Waals surface area contributed by atoms with Gasteiger partial charge in [0.15, 0.2) is 5.78 Å². The highest BCUT2D eigenvalue weighted by Crippen LogP contribution is 2.26. The van der Waals surface area contributed by atoms with Crippen molar-refractivity contribution >= 4 is 17.4 Å². The van der Waals surface area contributed by atoms with Crippen molar-refractivity contribution < 1.29 is 14.3 Å². The quantitative estimate of drug-likeness (QED) is 0.498. The summed E-state index contributed by atoms with van der Waals surface area (Å²) in [6, 6.07) is 15.0. The van der Waals surface area contributed by atoms with Gasteiger partial charge in [-0.15, -0.1) is 0 Å². The van der Waals surface area contributed by atoms with Crippen molar-refractivity contribution in [3.8, 4) is 5.75 Å². The first-order valence-corrected chi connectivity index (χ1v) is 9.13. The molecule has 0 aromatic heterocycles. The Bertz CT molecular complexity index is 737. The molecule has 0 saturated carbocycles. The third kappa shape index (κ3) is 5.73. The number of hydrogen-bond donors (Lipinski definition) is 1. The zero-order valence-electron chi connectivity index (χ0n) is 15.7. The molecule has 26 heavy (non-hydrogen) atoms. The van der Waals surface area contributed by atoms with Gasteiger partial charge in [0.05, 0.1) is 6.61 Å². The molecule has 4 nitrogen and oxygen atoms in total. The minimum absolute atomic E-state index is 0.00344. The number of ether oxygens (including phenoxy) is 1. The number of nitrogens with one attached hydrogen (secondary N) is 1. The summed E-state index contributed by atoms with van der Waals surface area (Å²) < 4.78 is 5.63.